The second-order valence-electron chi connectivity index (χ2n) is 5.93. The number of nitrogens with zero attached hydrogens (tertiary/aromatic N) is 4. The van der Waals surface area contributed by atoms with Crippen molar-refractivity contribution in [2.75, 3.05) is 14.2 Å². The zero-order chi connectivity index (χ0) is 20.5. The van der Waals surface area contributed by atoms with Crippen molar-refractivity contribution in [2.24, 2.45) is 0 Å². The predicted octanol–water partition coefficient (Wildman–Crippen LogP) is 2.29. The van der Waals surface area contributed by atoms with Gasteiger partial charge in [0, 0.05) is 11.6 Å². The van der Waals surface area contributed by atoms with Crippen molar-refractivity contribution in [3.63, 3.8) is 0 Å². The third-order valence-electron chi connectivity index (χ3n) is 4.24. The van der Waals surface area contributed by atoms with E-state index in [4.69, 9.17) is 9.47 Å². The molecular weight excluding hydrogens is 396 g/mol. The molecule has 0 aliphatic carbocycles. The molecule has 4 aromatic rings. The van der Waals surface area contributed by atoms with Gasteiger partial charge in [0.2, 0.25) is 4.96 Å². The number of para-hydroxylation sites is 1. The van der Waals surface area contributed by atoms with Crippen LogP contribution in [0.4, 0.5) is 5.69 Å². The Labute approximate surface area is 167 Å². The van der Waals surface area contributed by atoms with Crippen LogP contribution < -0.4 is 19.6 Å². The van der Waals surface area contributed by atoms with E-state index in [1.54, 1.807) is 43.5 Å². The molecule has 0 atom stereocenters. The van der Waals surface area contributed by atoms with Crippen LogP contribution >= 0.6 is 11.3 Å². The fraction of sp³-hybridized carbons (Fsp3) is 0.105. The third kappa shape index (κ3) is 3.29. The first-order valence-corrected chi connectivity index (χ1v) is 9.20. The minimum atomic E-state index is -0.484. The van der Waals surface area contributed by atoms with Crippen molar-refractivity contribution >= 4 is 28.1 Å². The summed E-state index contributed by atoms with van der Waals surface area (Å²) in [6.45, 7) is 0. The van der Waals surface area contributed by atoms with E-state index in [0.29, 0.717) is 37.9 Å². The van der Waals surface area contributed by atoms with Gasteiger partial charge in [0.15, 0.2) is 17.3 Å². The van der Waals surface area contributed by atoms with Gasteiger partial charge < -0.3 is 9.47 Å². The first-order valence-electron chi connectivity index (χ1n) is 8.39. The van der Waals surface area contributed by atoms with E-state index in [1.165, 1.54) is 23.8 Å². The molecule has 0 unspecified atom stereocenters. The van der Waals surface area contributed by atoms with E-state index in [-0.39, 0.29) is 11.2 Å². The molecule has 0 aliphatic heterocycles. The van der Waals surface area contributed by atoms with Gasteiger partial charge in [-0.05, 0) is 30.3 Å². The van der Waals surface area contributed by atoms with Crippen molar-refractivity contribution < 1.29 is 14.4 Å². The molecule has 2 heterocycles. The Morgan fingerprint density at radius 2 is 1.90 bits per heavy atom. The standard InChI is InChI=1S/C19H14N4O5S/c1-27-14-8-7-12(9-15(14)28-2)17-20-19-22(21-17)18(24)16(29-19)10-11-5-3-4-6-13(11)23(25)26/h3-10H,1-2H3/b16-10+. The van der Waals surface area contributed by atoms with Gasteiger partial charge in [-0.15, -0.1) is 5.10 Å². The number of ether oxygens (including phenoxy) is 2. The molecule has 0 spiro atoms. The summed E-state index contributed by atoms with van der Waals surface area (Å²) in [5.74, 6) is 1.46. The summed E-state index contributed by atoms with van der Waals surface area (Å²) in [4.78, 5) is 28.2. The largest absolute Gasteiger partial charge is 0.493 e. The Morgan fingerprint density at radius 3 is 2.59 bits per heavy atom. The molecule has 0 saturated heterocycles. The van der Waals surface area contributed by atoms with E-state index in [2.05, 4.69) is 10.1 Å². The zero-order valence-electron chi connectivity index (χ0n) is 15.4. The Bertz CT molecular complexity index is 1340. The number of rotatable bonds is 5. The van der Waals surface area contributed by atoms with Gasteiger partial charge in [-0.2, -0.15) is 9.50 Å². The topological polar surface area (TPSA) is 109 Å². The van der Waals surface area contributed by atoms with Crippen LogP contribution in [0.2, 0.25) is 0 Å². The maximum absolute atomic E-state index is 12.7. The van der Waals surface area contributed by atoms with Gasteiger partial charge in [-0.25, -0.2) is 0 Å². The number of nitro benzene ring substituents is 1. The predicted molar refractivity (Wildman–Crippen MR) is 108 cm³/mol. The van der Waals surface area contributed by atoms with E-state index in [0.717, 1.165) is 11.3 Å². The van der Waals surface area contributed by atoms with Crippen LogP contribution in [-0.4, -0.2) is 33.7 Å². The van der Waals surface area contributed by atoms with Gasteiger partial charge >= 0.3 is 0 Å². The number of benzene rings is 2. The van der Waals surface area contributed by atoms with Crippen LogP contribution in [-0.2, 0) is 0 Å². The zero-order valence-corrected chi connectivity index (χ0v) is 16.2. The van der Waals surface area contributed by atoms with Gasteiger partial charge in [0.25, 0.3) is 11.2 Å². The smallest absolute Gasteiger partial charge is 0.291 e. The fourth-order valence-corrected chi connectivity index (χ4v) is 3.75. The lowest BCUT2D eigenvalue weighted by atomic mass is 10.2. The Morgan fingerprint density at radius 1 is 1.14 bits per heavy atom. The molecule has 0 amide bonds. The molecule has 10 heteroatoms. The van der Waals surface area contributed by atoms with Crippen LogP contribution in [0.25, 0.3) is 22.4 Å². The maximum Gasteiger partial charge on any atom is 0.291 e. The van der Waals surface area contributed by atoms with E-state index < -0.39 is 4.92 Å². The van der Waals surface area contributed by atoms with Crippen molar-refractivity contribution in [3.05, 3.63) is 73.0 Å². The summed E-state index contributed by atoms with van der Waals surface area (Å²) in [6.07, 6.45) is 1.48. The SMILES string of the molecule is COc1ccc(-c2nc3s/c(=C/c4ccccc4[N+](=O)[O-])c(=O)n3n2)cc1OC. The molecule has 146 valence electrons. The maximum atomic E-state index is 12.7. The van der Waals surface area contributed by atoms with Crippen molar-refractivity contribution in [1.29, 1.82) is 0 Å². The number of nitro groups is 1. The summed E-state index contributed by atoms with van der Waals surface area (Å²) in [5.41, 5.74) is 0.556. The average Bonchev–Trinajstić information content (AvgIpc) is 3.27. The molecule has 0 N–H and O–H groups in total. The minimum Gasteiger partial charge on any atom is -0.493 e. The second kappa shape index (κ2) is 7.32. The van der Waals surface area contributed by atoms with Gasteiger partial charge in [0.05, 0.1) is 29.2 Å². The number of hydrogen-bond acceptors (Lipinski definition) is 8. The molecular formula is C19H14N4O5S. The molecule has 29 heavy (non-hydrogen) atoms. The van der Waals surface area contributed by atoms with Crippen LogP contribution in [0.15, 0.2) is 47.3 Å². The molecule has 2 aromatic heterocycles. The molecule has 9 nitrogen and oxygen atoms in total. The molecule has 4 rings (SSSR count). The first-order chi connectivity index (χ1) is 14.0. The van der Waals surface area contributed by atoms with Gasteiger partial charge in [-0.3, -0.25) is 14.9 Å². The number of methoxy groups -OCH3 is 2. The normalized spacial score (nSPS) is 11.7. The summed E-state index contributed by atoms with van der Waals surface area (Å²) in [6, 6.07) is 11.5. The second-order valence-corrected chi connectivity index (χ2v) is 6.94. The Kier molecular flexibility index (Phi) is 4.69. The number of hydrogen-bond donors (Lipinski definition) is 0. The fourth-order valence-electron chi connectivity index (χ4n) is 2.85. The summed E-state index contributed by atoms with van der Waals surface area (Å²) >= 11 is 1.12. The van der Waals surface area contributed by atoms with E-state index >= 15 is 0 Å². The first kappa shape index (κ1) is 18.6. The lowest BCUT2D eigenvalue weighted by molar-refractivity contribution is -0.385. The Balaban J connectivity index is 1.80. The average molecular weight is 410 g/mol. The van der Waals surface area contributed by atoms with Crippen LogP contribution in [0.5, 0.6) is 11.5 Å². The third-order valence-corrected chi connectivity index (χ3v) is 5.20. The summed E-state index contributed by atoms with van der Waals surface area (Å²) < 4.78 is 12.0. The molecule has 0 bridgehead atoms. The van der Waals surface area contributed by atoms with Crippen molar-refractivity contribution in [1.82, 2.24) is 14.6 Å². The van der Waals surface area contributed by atoms with Crippen LogP contribution in [0, 0.1) is 10.1 Å². The van der Waals surface area contributed by atoms with Gasteiger partial charge in [0.1, 0.15) is 0 Å². The molecule has 2 aromatic carbocycles. The highest BCUT2D eigenvalue weighted by Gasteiger charge is 2.15. The minimum absolute atomic E-state index is 0.0723. The number of thiazole rings is 1. The monoisotopic (exact) mass is 410 g/mol. The lowest BCUT2D eigenvalue weighted by Crippen LogP contribution is -2.23. The molecule has 0 radical (unpaired) electrons. The van der Waals surface area contributed by atoms with E-state index in [1.807, 2.05) is 0 Å². The molecule has 0 fully saturated rings. The van der Waals surface area contributed by atoms with Crippen molar-refractivity contribution in [2.45, 2.75) is 0 Å². The molecule has 0 saturated carbocycles. The number of fused-ring (bicyclic) bond motifs is 1. The van der Waals surface area contributed by atoms with Crippen molar-refractivity contribution in [3.8, 4) is 22.9 Å². The van der Waals surface area contributed by atoms with Gasteiger partial charge in [-0.1, -0.05) is 23.5 Å². The Hall–Kier alpha value is -3.79. The highest BCUT2D eigenvalue weighted by molar-refractivity contribution is 7.15. The number of aromatic nitrogens is 3. The summed E-state index contributed by atoms with van der Waals surface area (Å²) in [5, 5.41) is 15.5. The highest BCUT2D eigenvalue weighted by Crippen LogP contribution is 2.31. The summed E-state index contributed by atoms with van der Waals surface area (Å²) in [7, 11) is 3.07. The van der Waals surface area contributed by atoms with E-state index in [9.17, 15) is 14.9 Å². The van der Waals surface area contributed by atoms with Crippen LogP contribution in [0.1, 0.15) is 5.56 Å². The lowest BCUT2D eigenvalue weighted by Gasteiger charge is -2.07. The van der Waals surface area contributed by atoms with Crippen LogP contribution in [0.3, 0.4) is 0 Å². The molecule has 0 aliphatic rings. The quantitative estimate of drug-likeness (QED) is 0.367. The highest BCUT2D eigenvalue weighted by atomic mass is 32.1.